The second kappa shape index (κ2) is 7.24. The van der Waals surface area contributed by atoms with Crippen molar-refractivity contribution < 1.29 is 9.53 Å². The third kappa shape index (κ3) is 3.48. The zero-order chi connectivity index (χ0) is 15.2. The fraction of sp³-hybridized carbons (Fsp3) is 0.353. The molecule has 20 heavy (non-hydrogen) atoms. The number of hydrogen-bond acceptors (Lipinski definition) is 2. The van der Waals surface area contributed by atoms with Gasteiger partial charge >= 0.3 is 5.97 Å². The first-order valence-corrected chi connectivity index (χ1v) is 9.93. The number of rotatable bonds is 7. The Bertz CT molecular complexity index is 465. The monoisotopic (exact) mass is 288 g/mol. The van der Waals surface area contributed by atoms with E-state index in [9.17, 15) is 4.79 Å². The van der Waals surface area contributed by atoms with Gasteiger partial charge in [-0.25, -0.2) is 0 Å². The molecule has 2 atom stereocenters. The molecule has 1 rings (SSSR count). The van der Waals surface area contributed by atoms with Gasteiger partial charge in [-0.2, -0.15) is 0 Å². The number of ether oxygens (including phenoxy) is 1. The van der Waals surface area contributed by atoms with E-state index in [1.807, 2.05) is 24.3 Å². The molecular weight excluding hydrogens is 264 g/mol. The number of carbonyl (C=O) groups excluding carboxylic acids is 1. The molecule has 0 saturated heterocycles. The summed E-state index contributed by atoms with van der Waals surface area (Å²) in [6.45, 7) is 12.3. The summed E-state index contributed by atoms with van der Waals surface area (Å²) in [6.07, 6.45) is 4.32. The molecule has 0 bridgehead atoms. The molecular formula is C17H24O2Si. The van der Waals surface area contributed by atoms with Crippen LogP contribution in [0.1, 0.15) is 6.42 Å². The van der Waals surface area contributed by atoms with Crippen LogP contribution in [-0.4, -0.2) is 21.2 Å². The number of benzene rings is 1. The third-order valence-electron chi connectivity index (χ3n) is 3.96. The van der Waals surface area contributed by atoms with Crippen molar-refractivity contribution in [1.29, 1.82) is 0 Å². The molecule has 0 unspecified atom stereocenters. The predicted octanol–water partition coefficient (Wildman–Crippen LogP) is 3.52. The Morgan fingerprint density at radius 1 is 1.30 bits per heavy atom. The van der Waals surface area contributed by atoms with Crippen molar-refractivity contribution in [1.82, 2.24) is 0 Å². The first-order valence-electron chi connectivity index (χ1n) is 6.85. The smallest absolute Gasteiger partial charge is 0.309 e. The van der Waals surface area contributed by atoms with Crippen LogP contribution in [0.25, 0.3) is 0 Å². The lowest BCUT2D eigenvalue weighted by atomic mass is 10.0. The fourth-order valence-corrected chi connectivity index (χ4v) is 6.05. The van der Waals surface area contributed by atoms with Gasteiger partial charge in [0.05, 0.1) is 21.1 Å². The van der Waals surface area contributed by atoms with Crippen LogP contribution in [0, 0.1) is 5.92 Å². The summed E-state index contributed by atoms with van der Waals surface area (Å²) in [6, 6.07) is 10.4. The Kier molecular flexibility index (Phi) is 5.96. The van der Waals surface area contributed by atoms with Crippen LogP contribution < -0.4 is 5.19 Å². The molecule has 3 heteroatoms. The van der Waals surface area contributed by atoms with E-state index in [2.05, 4.69) is 38.4 Å². The lowest BCUT2D eigenvalue weighted by Gasteiger charge is -2.35. The number of hydrogen-bond donors (Lipinski definition) is 0. The topological polar surface area (TPSA) is 26.3 Å². The molecule has 1 aromatic rings. The Labute approximate surface area is 123 Å². The second-order valence-corrected chi connectivity index (χ2v) is 10.2. The molecule has 0 saturated carbocycles. The minimum absolute atomic E-state index is 0.121. The average molecular weight is 288 g/mol. The average Bonchev–Trinajstić information content (AvgIpc) is 2.47. The molecule has 0 aliphatic heterocycles. The molecule has 0 radical (unpaired) electrons. The van der Waals surface area contributed by atoms with Gasteiger partial charge in [0.1, 0.15) is 0 Å². The quantitative estimate of drug-likeness (QED) is 0.436. The highest BCUT2D eigenvalue weighted by Gasteiger charge is 2.39. The van der Waals surface area contributed by atoms with Crippen molar-refractivity contribution in [3.8, 4) is 0 Å². The van der Waals surface area contributed by atoms with E-state index in [4.69, 9.17) is 4.74 Å². The van der Waals surface area contributed by atoms with Gasteiger partial charge in [0, 0.05) is 0 Å². The van der Waals surface area contributed by atoms with Gasteiger partial charge in [-0.15, -0.1) is 13.2 Å². The summed E-state index contributed by atoms with van der Waals surface area (Å²) in [5.74, 6) is -0.372. The van der Waals surface area contributed by atoms with Gasteiger partial charge in [0.25, 0.3) is 0 Å². The van der Waals surface area contributed by atoms with Crippen molar-refractivity contribution in [2.45, 2.75) is 25.1 Å². The molecule has 0 aromatic heterocycles. The number of esters is 1. The van der Waals surface area contributed by atoms with Crippen LogP contribution in [0.3, 0.4) is 0 Å². The first-order chi connectivity index (χ1) is 9.48. The van der Waals surface area contributed by atoms with E-state index in [0.717, 1.165) is 0 Å². The lowest BCUT2D eigenvalue weighted by Crippen LogP contribution is -2.49. The molecule has 0 spiro atoms. The van der Waals surface area contributed by atoms with Crippen molar-refractivity contribution >= 4 is 19.2 Å². The fourth-order valence-electron chi connectivity index (χ4n) is 2.74. The number of methoxy groups -OCH3 is 1. The third-order valence-corrected chi connectivity index (χ3v) is 8.09. The van der Waals surface area contributed by atoms with Crippen LogP contribution in [0.4, 0.5) is 0 Å². The summed E-state index contributed by atoms with van der Waals surface area (Å²) in [7, 11) is -0.415. The molecule has 1 aromatic carbocycles. The highest BCUT2D eigenvalue weighted by atomic mass is 28.3. The van der Waals surface area contributed by atoms with Gasteiger partial charge in [-0.1, -0.05) is 60.8 Å². The van der Waals surface area contributed by atoms with Gasteiger partial charge in [-0.05, 0) is 12.0 Å². The molecule has 0 aliphatic carbocycles. The van der Waals surface area contributed by atoms with Crippen molar-refractivity contribution in [3.63, 3.8) is 0 Å². The SMILES string of the molecule is C=CC[C@@H](C(=O)OC)[C@@H](C=C)[Si](C)(C)c1ccccc1. The van der Waals surface area contributed by atoms with E-state index < -0.39 is 8.07 Å². The second-order valence-electron chi connectivity index (χ2n) is 5.50. The van der Waals surface area contributed by atoms with Crippen LogP contribution in [0.15, 0.2) is 55.6 Å². The Morgan fingerprint density at radius 3 is 2.35 bits per heavy atom. The van der Waals surface area contributed by atoms with Gasteiger partial charge in [-0.3, -0.25) is 4.79 Å². The molecule has 0 amide bonds. The maximum Gasteiger partial charge on any atom is 0.309 e. The zero-order valence-electron chi connectivity index (χ0n) is 12.6. The molecule has 0 N–H and O–H groups in total. The van der Waals surface area contributed by atoms with Crippen molar-refractivity contribution in [2.24, 2.45) is 5.92 Å². The van der Waals surface area contributed by atoms with Crippen molar-refractivity contribution in [2.75, 3.05) is 7.11 Å². The first kappa shape index (κ1) is 16.4. The summed E-state index contributed by atoms with van der Waals surface area (Å²) in [5, 5.41) is 1.32. The van der Waals surface area contributed by atoms with Crippen molar-refractivity contribution in [3.05, 3.63) is 55.6 Å². The van der Waals surface area contributed by atoms with E-state index >= 15 is 0 Å². The lowest BCUT2D eigenvalue weighted by molar-refractivity contribution is -0.145. The Morgan fingerprint density at radius 2 is 1.90 bits per heavy atom. The van der Waals surface area contributed by atoms with Crippen LogP contribution in [0.2, 0.25) is 18.6 Å². The highest BCUT2D eigenvalue weighted by molar-refractivity contribution is 6.91. The molecule has 0 heterocycles. The van der Waals surface area contributed by atoms with Crippen LogP contribution in [-0.2, 0) is 9.53 Å². The summed E-state index contributed by atoms with van der Waals surface area (Å²) >= 11 is 0. The van der Waals surface area contributed by atoms with Gasteiger partial charge in [0.15, 0.2) is 0 Å². The Balaban J connectivity index is 3.18. The van der Waals surface area contributed by atoms with E-state index in [1.165, 1.54) is 12.3 Å². The van der Waals surface area contributed by atoms with Gasteiger partial charge < -0.3 is 4.74 Å². The maximum atomic E-state index is 12.1. The van der Waals surface area contributed by atoms with E-state index in [-0.39, 0.29) is 17.4 Å². The van der Waals surface area contributed by atoms with Crippen LogP contribution >= 0.6 is 0 Å². The largest absolute Gasteiger partial charge is 0.469 e. The van der Waals surface area contributed by atoms with E-state index in [0.29, 0.717) is 6.42 Å². The minimum atomic E-state index is -1.85. The maximum absolute atomic E-state index is 12.1. The predicted molar refractivity (Wildman–Crippen MR) is 87.8 cm³/mol. The van der Waals surface area contributed by atoms with Crippen LogP contribution in [0.5, 0.6) is 0 Å². The standard InChI is InChI=1S/C17H24O2Si/c1-6-11-15(17(18)19-3)16(7-2)20(4,5)14-12-9-8-10-13-14/h6-10,12-13,15-16H,1-2,11H2,3-5H3/t15-,16-/m1/s1. The molecule has 0 aliphatic rings. The molecule has 108 valence electrons. The van der Waals surface area contributed by atoms with Gasteiger partial charge in [0.2, 0.25) is 0 Å². The molecule has 2 nitrogen and oxygen atoms in total. The number of allylic oxidation sites excluding steroid dienone is 2. The normalized spacial score (nSPS) is 14.2. The zero-order valence-corrected chi connectivity index (χ0v) is 13.6. The summed E-state index contributed by atoms with van der Waals surface area (Å²) < 4.78 is 4.97. The highest BCUT2D eigenvalue weighted by Crippen LogP contribution is 2.34. The summed E-state index contributed by atoms with van der Waals surface area (Å²) in [4.78, 5) is 12.1. The summed E-state index contributed by atoms with van der Waals surface area (Å²) in [5.41, 5.74) is 0.121. The number of carbonyl (C=O) groups is 1. The molecule has 0 fully saturated rings. The van der Waals surface area contributed by atoms with E-state index in [1.54, 1.807) is 6.08 Å². The minimum Gasteiger partial charge on any atom is -0.469 e. The Hall–Kier alpha value is -1.61.